The molecule has 206 valence electrons. The van der Waals surface area contributed by atoms with Gasteiger partial charge in [-0.3, -0.25) is 14.3 Å². The number of carbonyl (C=O) groups excluding carboxylic acids is 1. The minimum atomic E-state index is -5.06. The number of benzene rings is 1. The normalized spacial score (nSPS) is 13.0. The Balaban J connectivity index is 1.81. The van der Waals surface area contributed by atoms with E-state index in [0.717, 1.165) is 12.4 Å². The maximum absolute atomic E-state index is 13.5. The predicted octanol–water partition coefficient (Wildman–Crippen LogP) is 2.43. The zero-order valence-corrected chi connectivity index (χ0v) is 19.9. The first kappa shape index (κ1) is 27.8. The molecule has 3 heterocycles. The van der Waals surface area contributed by atoms with Crippen LogP contribution in [-0.2, 0) is 19.3 Å². The smallest absolute Gasteiger partial charge is 0.382 e. The van der Waals surface area contributed by atoms with Gasteiger partial charge in [-0.1, -0.05) is 11.6 Å². The molecule has 11 nitrogen and oxygen atoms in total. The molecule has 1 amide bonds. The highest BCUT2D eigenvalue weighted by atomic mass is 35.5. The Kier molecular flexibility index (Phi) is 7.22. The van der Waals surface area contributed by atoms with Crippen molar-refractivity contribution in [1.29, 1.82) is 0 Å². The number of pyridine rings is 1. The van der Waals surface area contributed by atoms with Gasteiger partial charge in [0.1, 0.15) is 6.54 Å². The van der Waals surface area contributed by atoms with E-state index in [1.807, 2.05) is 0 Å². The lowest BCUT2D eigenvalue weighted by Gasteiger charge is -2.15. The zero-order valence-electron chi connectivity index (χ0n) is 19.2. The first-order chi connectivity index (χ1) is 18.2. The standard InChI is InChI=1S/C21H15ClF6N8O3/c22-11-3-1-10(2-4-11)17-33-35(19(39)34(17)8-14(37)21(26,27)28)9-15-31-18(16(29)38)36(32-15)13-7-30-6-5-12(13)20(23,24)25/h1-7,14,37H,8-9H2,(H2,29,38)/t14-/m1/s1. The van der Waals surface area contributed by atoms with Gasteiger partial charge in [-0.2, -0.15) is 26.3 Å². The van der Waals surface area contributed by atoms with E-state index in [-0.39, 0.29) is 16.4 Å². The molecule has 0 unspecified atom stereocenters. The number of aliphatic hydroxyl groups is 1. The SMILES string of the molecule is NC(=O)c1nc(Cn2nc(-c3ccc(Cl)cc3)n(C[C@@H](O)C(F)(F)F)c2=O)nn1-c1cnccc1C(F)(F)F. The van der Waals surface area contributed by atoms with Crippen molar-refractivity contribution >= 4 is 17.5 Å². The number of primary amides is 1. The molecule has 0 saturated heterocycles. The van der Waals surface area contributed by atoms with Crippen LogP contribution in [0.2, 0.25) is 5.02 Å². The molecule has 1 aromatic carbocycles. The number of aliphatic hydroxyl groups excluding tert-OH is 1. The third-order valence-electron chi connectivity index (χ3n) is 5.25. The van der Waals surface area contributed by atoms with Crippen molar-refractivity contribution in [2.75, 3.05) is 0 Å². The highest BCUT2D eigenvalue weighted by Crippen LogP contribution is 2.33. The van der Waals surface area contributed by atoms with Crippen molar-refractivity contribution in [3.05, 3.63) is 75.4 Å². The first-order valence-electron chi connectivity index (χ1n) is 10.6. The number of alkyl halides is 6. The molecule has 0 bridgehead atoms. The van der Waals surface area contributed by atoms with Crippen molar-refractivity contribution in [2.45, 2.75) is 31.5 Å². The molecule has 4 aromatic rings. The second kappa shape index (κ2) is 10.1. The van der Waals surface area contributed by atoms with E-state index < -0.39 is 66.0 Å². The molecule has 0 saturated carbocycles. The summed E-state index contributed by atoms with van der Waals surface area (Å²) in [7, 11) is 0. The number of amides is 1. The molecule has 39 heavy (non-hydrogen) atoms. The Morgan fingerprint density at radius 2 is 1.74 bits per heavy atom. The maximum Gasteiger partial charge on any atom is 0.418 e. The molecular weight excluding hydrogens is 562 g/mol. The molecule has 0 spiro atoms. The number of nitrogens with two attached hydrogens (primary N) is 1. The van der Waals surface area contributed by atoms with Crippen LogP contribution in [0.5, 0.6) is 0 Å². The number of hydrogen-bond acceptors (Lipinski definition) is 7. The summed E-state index contributed by atoms with van der Waals surface area (Å²) in [6, 6.07) is 6.14. The lowest BCUT2D eigenvalue weighted by molar-refractivity contribution is -0.207. The van der Waals surface area contributed by atoms with Gasteiger partial charge in [0, 0.05) is 16.8 Å². The minimum absolute atomic E-state index is 0.158. The second-order valence-corrected chi connectivity index (χ2v) is 8.39. The Morgan fingerprint density at radius 1 is 1.08 bits per heavy atom. The fourth-order valence-electron chi connectivity index (χ4n) is 3.48. The summed E-state index contributed by atoms with van der Waals surface area (Å²) >= 11 is 5.84. The molecule has 0 aliphatic heterocycles. The average Bonchev–Trinajstić information content (AvgIpc) is 3.41. The molecule has 0 aliphatic rings. The van der Waals surface area contributed by atoms with E-state index in [1.165, 1.54) is 24.3 Å². The summed E-state index contributed by atoms with van der Waals surface area (Å²) in [5.41, 5.74) is 2.37. The number of nitrogens with zero attached hydrogens (tertiary/aromatic N) is 7. The van der Waals surface area contributed by atoms with Crippen LogP contribution < -0.4 is 11.4 Å². The Labute approximate surface area is 218 Å². The molecule has 1 atom stereocenters. The number of rotatable bonds is 7. The number of hydrogen-bond donors (Lipinski definition) is 2. The van der Waals surface area contributed by atoms with Gasteiger partial charge < -0.3 is 10.8 Å². The minimum Gasteiger partial charge on any atom is -0.382 e. The van der Waals surface area contributed by atoms with Crippen LogP contribution in [0, 0.1) is 0 Å². The summed E-state index contributed by atoms with van der Waals surface area (Å²) in [5, 5.41) is 17.7. The van der Waals surface area contributed by atoms with Crippen LogP contribution in [0.15, 0.2) is 47.5 Å². The number of aromatic nitrogens is 7. The summed E-state index contributed by atoms with van der Waals surface area (Å²) in [6.45, 7) is -1.91. The van der Waals surface area contributed by atoms with Gasteiger partial charge in [0.05, 0.1) is 24.0 Å². The van der Waals surface area contributed by atoms with Crippen LogP contribution in [0.3, 0.4) is 0 Å². The lowest BCUT2D eigenvalue weighted by atomic mass is 10.2. The Bertz CT molecular complexity index is 1580. The van der Waals surface area contributed by atoms with E-state index in [4.69, 9.17) is 17.3 Å². The second-order valence-electron chi connectivity index (χ2n) is 7.96. The van der Waals surface area contributed by atoms with Gasteiger partial charge in [-0.25, -0.2) is 19.1 Å². The van der Waals surface area contributed by atoms with E-state index >= 15 is 0 Å². The van der Waals surface area contributed by atoms with Crippen LogP contribution in [0.1, 0.15) is 22.0 Å². The van der Waals surface area contributed by atoms with Crippen molar-refractivity contribution in [1.82, 2.24) is 34.1 Å². The van der Waals surface area contributed by atoms with Gasteiger partial charge in [0.2, 0.25) is 5.82 Å². The van der Waals surface area contributed by atoms with Crippen molar-refractivity contribution in [3.63, 3.8) is 0 Å². The third kappa shape index (κ3) is 5.78. The maximum atomic E-state index is 13.5. The number of carbonyl (C=O) groups is 1. The quantitative estimate of drug-likeness (QED) is 0.321. The van der Waals surface area contributed by atoms with E-state index in [9.17, 15) is 41.0 Å². The average molecular weight is 577 g/mol. The highest BCUT2D eigenvalue weighted by Gasteiger charge is 2.39. The van der Waals surface area contributed by atoms with E-state index in [2.05, 4.69) is 20.2 Å². The lowest BCUT2D eigenvalue weighted by Crippen LogP contribution is -2.37. The van der Waals surface area contributed by atoms with Gasteiger partial charge >= 0.3 is 18.0 Å². The number of halogens is 7. The summed E-state index contributed by atoms with van der Waals surface area (Å²) in [6.07, 6.45) is -11.2. The van der Waals surface area contributed by atoms with E-state index in [0.29, 0.717) is 20.0 Å². The van der Waals surface area contributed by atoms with Gasteiger partial charge in [-0.05, 0) is 30.3 Å². The monoisotopic (exact) mass is 576 g/mol. The third-order valence-corrected chi connectivity index (χ3v) is 5.51. The molecule has 18 heteroatoms. The molecule has 0 fully saturated rings. The molecule has 3 aromatic heterocycles. The topological polar surface area (TPSA) is 147 Å². The van der Waals surface area contributed by atoms with Crippen molar-refractivity contribution in [3.8, 4) is 17.1 Å². The van der Waals surface area contributed by atoms with Gasteiger partial charge in [0.25, 0.3) is 5.91 Å². The van der Waals surface area contributed by atoms with Crippen molar-refractivity contribution in [2.24, 2.45) is 5.73 Å². The fourth-order valence-corrected chi connectivity index (χ4v) is 3.60. The fraction of sp³-hybridized carbons (Fsp3) is 0.238. The summed E-state index contributed by atoms with van der Waals surface area (Å²) < 4.78 is 81.4. The van der Waals surface area contributed by atoms with Crippen LogP contribution in [0.25, 0.3) is 17.1 Å². The molecule has 0 aliphatic carbocycles. The largest absolute Gasteiger partial charge is 0.418 e. The van der Waals surface area contributed by atoms with Gasteiger partial charge in [0.15, 0.2) is 17.8 Å². The molecule has 3 N–H and O–H groups in total. The predicted molar refractivity (Wildman–Crippen MR) is 121 cm³/mol. The Morgan fingerprint density at radius 3 is 2.33 bits per heavy atom. The van der Waals surface area contributed by atoms with E-state index in [1.54, 1.807) is 0 Å². The van der Waals surface area contributed by atoms with Gasteiger partial charge in [-0.15, -0.1) is 10.2 Å². The first-order valence-corrected chi connectivity index (χ1v) is 11.0. The summed E-state index contributed by atoms with van der Waals surface area (Å²) in [5.74, 6) is -2.71. The zero-order chi connectivity index (χ0) is 28.7. The Hall–Kier alpha value is -4.25. The molecule has 4 rings (SSSR count). The van der Waals surface area contributed by atoms with Crippen LogP contribution in [0.4, 0.5) is 26.3 Å². The highest BCUT2D eigenvalue weighted by molar-refractivity contribution is 6.30. The molecular formula is C21H15ClF6N8O3. The summed E-state index contributed by atoms with van der Waals surface area (Å²) in [4.78, 5) is 32.4. The van der Waals surface area contributed by atoms with Crippen LogP contribution in [-0.4, -0.2) is 57.4 Å². The van der Waals surface area contributed by atoms with Crippen molar-refractivity contribution < 1.29 is 36.2 Å². The van der Waals surface area contributed by atoms with Crippen LogP contribution >= 0.6 is 11.6 Å². The molecule has 0 radical (unpaired) electrons.